The molecular formula is C12H12N2O2S. The van der Waals surface area contributed by atoms with Crippen molar-refractivity contribution in [1.82, 2.24) is 10.0 Å². The highest BCUT2D eigenvalue weighted by Gasteiger charge is 2.19. The van der Waals surface area contributed by atoms with E-state index < -0.39 is 0 Å². The summed E-state index contributed by atoms with van der Waals surface area (Å²) in [4.78, 5) is 21.7. The molecule has 2 aromatic rings. The highest BCUT2D eigenvalue weighted by Crippen LogP contribution is 2.20. The lowest BCUT2D eigenvalue weighted by molar-refractivity contribution is -0.144. The van der Waals surface area contributed by atoms with E-state index in [2.05, 4.69) is 4.98 Å². The van der Waals surface area contributed by atoms with Crippen molar-refractivity contribution in [1.29, 1.82) is 0 Å². The molecule has 1 aliphatic heterocycles. The summed E-state index contributed by atoms with van der Waals surface area (Å²) in [6, 6.07) is 5.57. The fourth-order valence-electron chi connectivity index (χ4n) is 1.89. The zero-order chi connectivity index (χ0) is 11.7. The maximum absolute atomic E-state index is 12.2. The third-order valence-corrected chi connectivity index (χ3v) is 3.60. The number of rotatable bonds is 1. The number of carbonyl (C=O) groups is 1. The molecule has 0 radical (unpaired) electrons. The molecule has 0 saturated carbocycles. The standard InChI is InChI=1S/C12H12N2O2S/c15-12(14-5-1-2-6-16-14)9-3-4-10-11(7-9)17-8-13-10/h3-4,7-8H,1-2,5-6H2. The Labute approximate surface area is 103 Å². The molecule has 1 fully saturated rings. The first-order valence-corrected chi connectivity index (χ1v) is 6.50. The summed E-state index contributed by atoms with van der Waals surface area (Å²) >= 11 is 1.54. The Morgan fingerprint density at radius 2 is 2.35 bits per heavy atom. The number of amides is 1. The summed E-state index contributed by atoms with van der Waals surface area (Å²) in [5.41, 5.74) is 3.39. The topological polar surface area (TPSA) is 42.4 Å². The predicted octanol–water partition coefficient (Wildman–Crippen LogP) is 2.46. The van der Waals surface area contributed by atoms with Gasteiger partial charge in [0.25, 0.3) is 5.91 Å². The first-order chi connectivity index (χ1) is 8.34. The van der Waals surface area contributed by atoms with Gasteiger partial charge in [0.15, 0.2) is 0 Å². The highest BCUT2D eigenvalue weighted by atomic mass is 32.1. The van der Waals surface area contributed by atoms with Crippen molar-refractivity contribution in [2.75, 3.05) is 13.2 Å². The normalized spacial score (nSPS) is 16.4. The van der Waals surface area contributed by atoms with E-state index in [0.717, 1.165) is 23.1 Å². The average Bonchev–Trinajstić information content (AvgIpc) is 2.86. The Morgan fingerprint density at radius 1 is 1.41 bits per heavy atom. The molecule has 0 aliphatic carbocycles. The minimum absolute atomic E-state index is 0.0556. The Hall–Kier alpha value is -1.46. The number of hydrogen-bond acceptors (Lipinski definition) is 4. The SMILES string of the molecule is O=C(c1ccc2ncsc2c1)N1CCCCO1. The van der Waals surface area contributed by atoms with Crippen LogP contribution in [0.5, 0.6) is 0 Å². The van der Waals surface area contributed by atoms with Crippen molar-refractivity contribution in [3.63, 3.8) is 0 Å². The van der Waals surface area contributed by atoms with Gasteiger partial charge in [-0.1, -0.05) is 0 Å². The zero-order valence-corrected chi connectivity index (χ0v) is 10.1. The molecule has 1 aromatic carbocycles. The van der Waals surface area contributed by atoms with Gasteiger partial charge in [-0.15, -0.1) is 11.3 Å². The molecule has 1 saturated heterocycles. The number of fused-ring (bicyclic) bond motifs is 1. The third kappa shape index (κ3) is 2.03. The van der Waals surface area contributed by atoms with E-state index in [-0.39, 0.29) is 5.91 Å². The molecule has 0 atom stereocenters. The van der Waals surface area contributed by atoms with Crippen molar-refractivity contribution in [3.8, 4) is 0 Å². The molecule has 0 unspecified atom stereocenters. The number of thiazole rings is 1. The van der Waals surface area contributed by atoms with Crippen molar-refractivity contribution >= 4 is 27.5 Å². The molecule has 1 aromatic heterocycles. The third-order valence-electron chi connectivity index (χ3n) is 2.81. The van der Waals surface area contributed by atoms with Crippen LogP contribution in [0.1, 0.15) is 23.2 Å². The summed E-state index contributed by atoms with van der Waals surface area (Å²) in [7, 11) is 0. The van der Waals surface area contributed by atoms with Crippen molar-refractivity contribution in [2.45, 2.75) is 12.8 Å². The number of carbonyl (C=O) groups excluding carboxylic acids is 1. The van der Waals surface area contributed by atoms with Crippen LogP contribution in [0.2, 0.25) is 0 Å². The van der Waals surface area contributed by atoms with Crippen LogP contribution in [0.4, 0.5) is 0 Å². The molecule has 0 spiro atoms. The predicted molar refractivity (Wildman–Crippen MR) is 65.8 cm³/mol. The molecule has 0 N–H and O–H groups in total. The first-order valence-electron chi connectivity index (χ1n) is 5.62. The van der Waals surface area contributed by atoms with Crippen molar-refractivity contribution in [3.05, 3.63) is 29.3 Å². The molecule has 4 nitrogen and oxygen atoms in total. The van der Waals surface area contributed by atoms with Crippen LogP contribution in [0.15, 0.2) is 23.7 Å². The largest absolute Gasteiger partial charge is 0.277 e. The maximum atomic E-state index is 12.2. The Balaban J connectivity index is 1.88. The van der Waals surface area contributed by atoms with Gasteiger partial charge < -0.3 is 0 Å². The van der Waals surface area contributed by atoms with Gasteiger partial charge in [-0.3, -0.25) is 9.63 Å². The summed E-state index contributed by atoms with van der Waals surface area (Å²) in [6.45, 7) is 1.31. The van der Waals surface area contributed by atoms with Gasteiger partial charge in [-0.05, 0) is 31.0 Å². The van der Waals surface area contributed by atoms with Crippen LogP contribution in [-0.2, 0) is 4.84 Å². The van der Waals surface area contributed by atoms with E-state index in [9.17, 15) is 4.79 Å². The number of hydrogen-bond donors (Lipinski definition) is 0. The van der Waals surface area contributed by atoms with Crippen LogP contribution >= 0.6 is 11.3 Å². The fraction of sp³-hybridized carbons (Fsp3) is 0.333. The van der Waals surface area contributed by atoms with Crippen LogP contribution in [0, 0.1) is 0 Å². The Kier molecular flexibility index (Phi) is 2.78. The molecule has 3 rings (SSSR count). The maximum Gasteiger partial charge on any atom is 0.277 e. The molecule has 88 valence electrons. The van der Waals surface area contributed by atoms with E-state index in [4.69, 9.17) is 4.84 Å². The van der Waals surface area contributed by atoms with Gasteiger partial charge >= 0.3 is 0 Å². The van der Waals surface area contributed by atoms with E-state index in [1.54, 1.807) is 16.8 Å². The average molecular weight is 248 g/mol. The minimum Gasteiger partial charge on any atom is -0.271 e. The minimum atomic E-state index is -0.0556. The lowest BCUT2D eigenvalue weighted by atomic mass is 10.2. The molecule has 0 bridgehead atoms. The Bertz CT molecular complexity index is 546. The fourth-order valence-corrected chi connectivity index (χ4v) is 2.61. The van der Waals surface area contributed by atoms with Gasteiger partial charge in [0, 0.05) is 12.1 Å². The van der Waals surface area contributed by atoms with Gasteiger partial charge in [0.05, 0.1) is 22.3 Å². The van der Waals surface area contributed by atoms with Crippen LogP contribution in [-0.4, -0.2) is 29.1 Å². The summed E-state index contributed by atoms with van der Waals surface area (Å²) in [6.07, 6.45) is 2.03. The van der Waals surface area contributed by atoms with Gasteiger partial charge in [0.2, 0.25) is 0 Å². The second kappa shape index (κ2) is 4.43. The van der Waals surface area contributed by atoms with Crippen LogP contribution in [0.3, 0.4) is 0 Å². The smallest absolute Gasteiger partial charge is 0.271 e. The molecule has 1 aliphatic rings. The quantitative estimate of drug-likeness (QED) is 0.778. The summed E-state index contributed by atoms with van der Waals surface area (Å²) in [5, 5.41) is 1.46. The molecule has 5 heteroatoms. The monoisotopic (exact) mass is 248 g/mol. The van der Waals surface area contributed by atoms with E-state index in [1.165, 1.54) is 5.06 Å². The second-order valence-electron chi connectivity index (χ2n) is 3.98. The molecule has 1 amide bonds. The second-order valence-corrected chi connectivity index (χ2v) is 4.87. The summed E-state index contributed by atoms with van der Waals surface area (Å²) < 4.78 is 1.04. The lowest BCUT2D eigenvalue weighted by Crippen LogP contribution is -2.35. The molecular weight excluding hydrogens is 236 g/mol. The van der Waals surface area contributed by atoms with Gasteiger partial charge in [-0.2, -0.15) is 0 Å². The van der Waals surface area contributed by atoms with E-state index in [1.807, 2.05) is 18.2 Å². The van der Waals surface area contributed by atoms with E-state index >= 15 is 0 Å². The number of hydroxylamine groups is 2. The zero-order valence-electron chi connectivity index (χ0n) is 9.26. The van der Waals surface area contributed by atoms with Crippen molar-refractivity contribution < 1.29 is 9.63 Å². The first kappa shape index (κ1) is 10.7. The Morgan fingerprint density at radius 3 is 3.18 bits per heavy atom. The molecule has 17 heavy (non-hydrogen) atoms. The highest BCUT2D eigenvalue weighted by molar-refractivity contribution is 7.16. The lowest BCUT2D eigenvalue weighted by Gasteiger charge is -2.25. The van der Waals surface area contributed by atoms with Crippen LogP contribution < -0.4 is 0 Å². The van der Waals surface area contributed by atoms with Gasteiger partial charge in [-0.25, -0.2) is 10.0 Å². The number of benzene rings is 1. The molecule has 2 heterocycles. The number of nitrogens with zero attached hydrogens (tertiary/aromatic N) is 2. The van der Waals surface area contributed by atoms with Crippen molar-refractivity contribution in [2.24, 2.45) is 0 Å². The van der Waals surface area contributed by atoms with E-state index in [0.29, 0.717) is 18.7 Å². The summed E-state index contributed by atoms with van der Waals surface area (Å²) in [5.74, 6) is -0.0556. The van der Waals surface area contributed by atoms with Crippen LogP contribution in [0.25, 0.3) is 10.2 Å². The van der Waals surface area contributed by atoms with Gasteiger partial charge in [0.1, 0.15) is 0 Å². The number of aromatic nitrogens is 1.